The summed E-state index contributed by atoms with van der Waals surface area (Å²) in [5, 5.41) is 0. The van der Waals surface area contributed by atoms with Gasteiger partial charge >= 0.3 is 0 Å². The van der Waals surface area contributed by atoms with E-state index in [-0.39, 0.29) is 18.8 Å². The van der Waals surface area contributed by atoms with Crippen molar-refractivity contribution >= 4 is 18.3 Å². The SMILES string of the molecule is Cl.[NH]C(=O)CCc1cnc[nH]1. The Labute approximate surface area is 70.6 Å². The van der Waals surface area contributed by atoms with Crippen molar-refractivity contribution in [3.8, 4) is 0 Å². The Bertz CT molecular complexity index is 210. The van der Waals surface area contributed by atoms with E-state index < -0.39 is 5.91 Å². The molecule has 0 aliphatic carbocycles. The van der Waals surface area contributed by atoms with Crippen LogP contribution in [-0.4, -0.2) is 15.9 Å². The lowest BCUT2D eigenvalue weighted by molar-refractivity contribution is -0.118. The molecule has 4 nitrogen and oxygen atoms in total. The van der Waals surface area contributed by atoms with E-state index in [0.717, 1.165) is 5.69 Å². The topological polar surface area (TPSA) is 69.6 Å². The number of amides is 1. The van der Waals surface area contributed by atoms with Crippen molar-refractivity contribution in [1.82, 2.24) is 15.7 Å². The molecule has 0 bridgehead atoms. The minimum Gasteiger partial charge on any atom is -0.348 e. The van der Waals surface area contributed by atoms with E-state index in [1.165, 1.54) is 0 Å². The first-order chi connectivity index (χ1) is 4.79. The highest BCUT2D eigenvalue weighted by Gasteiger charge is 1.97. The van der Waals surface area contributed by atoms with Gasteiger partial charge in [-0.2, -0.15) is 0 Å². The molecule has 0 atom stereocenters. The lowest BCUT2D eigenvalue weighted by Gasteiger charge is -1.89. The number of nitrogens with zero attached hydrogens (tertiary/aromatic N) is 1. The van der Waals surface area contributed by atoms with Crippen molar-refractivity contribution in [2.45, 2.75) is 12.8 Å². The zero-order chi connectivity index (χ0) is 7.40. The fourth-order valence-corrected chi connectivity index (χ4v) is 0.670. The molecule has 0 aliphatic heterocycles. The predicted molar refractivity (Wildman–Crippen MR) is 42.3 cm³/mol. The van der Waals surface area contributed by atoms with Crippen LogP contribution in [0.1, 0.15) is 12.1 Å². The Balaban J connectivity index is 0.000001000. The highest BCUT2D eigenvalue weighted by Crippen LogP contribution is 1.95. The first-order valence-electron chi connectivity index (χ1n) is 3.00. The van der Waals surface area contributed by atoms with Gasteiger partial charge in [-0.3, -0.25) is 10.5 Å². The number of carbonyl (C=O) groups is 1. The van der Waals surface area contributed by atoms with Gasteiger partial charge in [-0.25, -0.2) is 4.98 Å². The maximum Gasteiger partial charge on any atom is 0.238 e. The van der Waals surface area contributed by atoms with Gasteiger partial charge in [-0.15, -0.1) is 12.4 Å². The first kappa shape index (κ1) is 9.97. The number of nitrogens with one attached hydrogen (secondary N) is 2. The highest BCUT2D eigenvalue weighted by molar-refractivity contribution is 5.85. The largest absolute Gasteiger partial charge is 0.348 e. The number of halogens is 1. The van der Waals surface area contributed by atoms with Gasteiger partial charge in [0.2, 0.25) is 5.91 Å². The monoisotopic (exact) mass is 174 g/mol. The van der Waals surface area contributed by atoms with E-state index in [2.05, 4.69) is 9.97 Å². The minimum atomic E-state index is -0.533. The molecule has 0 aliphatic rings. The molecular formula is C6H9ClN3O. The number of rotatable bonds is 3. The molecule has 1 radical (unpaired) electrons. The smallest absolute Gasteiger partial charge is 0.238 e. The molecule has 61 valence electrons. The van der Waals surface area contributed by atoms with E-state index in [1.807, 2.05) is 0 Å². The summed E-state index contributed by atoms with van der Waals surface area (Å²) in [6, 6.07) is 0. The van der Waals surface area contributed by atoms with Crippen LogP contribution in [0.15, 0.2) is 12.5 Å². The van der Waals surface area contributed by atoms with E-state index in [1.54, 1.807) is 12.5 Å². The van der Waals surface area contributed by atoms with E-state index in [9.17, 15) is 4.79 Å². The van der Waals surface area contributed by atoms with Gasteiger partial charge in [0.1, 0.15) is 0 Å². The lowest BCUT2D eigenvalue weighted by atomic mass is 10.2. The zero-order valence-electron chi connectivity index (χ0n) is 5.83. The molecule has 1 aromatic heterocycles. The third-order valence-corrected chi connectivity index (χ3v) is 1.18. The van der Waals surface area contributed by atoms with Crippen LogP contribution in [0, 0.1) is 0 Å². The standard InChI is InChI=1S/C6H8N3O.ClH/c7-6(10)2-1-5-3-8-4-9-5;/h3-4,7H,1-2H2,(H,8,9);1H. The summed E-state index contributed by atoms with van der Waals surface area (Å²) < 4.78 is 0. The molecule has 0 spiro atoms. The van der Waals surface area contributed by atoms with Crippen LogP contribution < -0.4 is 5.73 Å². The Hall–Kier alpha value is -1.03. The fraction of sp³-hybridized carbons (Fsp3) is 0.333. The summed E-state index contributed by atoms with van der Waals surface area (Å²) in [5.74, 6) is -0.533. The average Bonchev–Trinajstić information content (AvgIpc) is 2.34. The number of aromatic nitrogens is 2. The summed E-state index contributed by atoms with van der Waals surface area (Å²) in [6.07, 6.45) is 4.07. The van der Waals surface area contributed by atoms with Gasteiger partial charge in [0.25, 0.3) is 0 Å². The molecule has 0 saturated heterocycles. The van der Waals surface area contributed by atoms with Gasteiger partial charge in [-0.05, 0) is 6.42 Å². The Kier molecular flexibility index (Phi) is 4.29. The van der Waals surface area contributed by atoms with Crippen LogP contribution in [0.3, 0.4) is 0 Å². The maximum absolute atomic E-state index is 10.2. The second-order valence-corrected chi connectivity index (χ2v) is 2.00. The Morgan fingerprint density at radius 3 is 2.91 bits per heavy atom. The van der Waals surface area contributed by atoms with Gasteiger partial charge in [0, 0.05) is 18.3 Å². The van der Waals surface area contributed by atoms with Crippen LogP contribution >= 0.6 is 12.4 Å². The molecule has 1 aromatic rings. The normalized spacial score (nSPS) is 8.73. The number of imidazole rings is 1. The van der Waals surface area contributed by atoms with Crippen LogP contribution in [0.25, 0.3) is 0 Å². The molecule has 11 heavy (non-hydrogen) atoms. The molecular weight excluding hydrogens is 166 g/mol. The van der Waals surface area contributed by atoms with Crippen molar-refractivity contribution in [3.63, 3.8) is 0 Å². The van der Waals surface area contributed by atoms with Crippen molar-refractivity contribution in [1.29, 1.82) is 0 Å². The molecule has 0 saturated carbocycles. The van der Waals surface area contributed by atoms with E-state index in [4.69, 9.17) is 5.73 Å². The molecule has 1 heterocycles. The minimum absolute atomic E-state index is 0. The zero-order valence-corrected chi connectivity index (χ0v) is 6.65. The number of hydrogen-bond donors (Lipinski definition) is 1. The summed E-state index contributed by atoms with van der Waals surface area (Å²) in [4.78, 5) is 16.8. The second-order valence-electron chi connectivity index (χ2n) is 2.00. The highest BCUT2D eigenvalue weighted by atomic mass is 35.5. The number of aryl methyl sites for hydroxylation is 1. The van der Waals surface area contributed by atoms with Gasteiger partial charge in [-0.1, -0.05) is 0 Å². The predicted octanol–water partition coefficient (Wildman–Crippen LogP) is 0.574. The molecule has 0 fully saturated rings. The summed E-state index contributed by atoms with van der Waals surface area (Å²) >= 11 is 0. The number of carbonyl (C=O) groups excluding carboxylic acids is 1. The van der Waals surface area contributed by atoms with Crippen LogP contribution in [0.4, 0.5) is 0 Å². The number of aromatic amines is 1. The van der Waals surface area contributed by atoms with Crippen LogP contribution in [0.5, 0.6) is 0 Å². The molecule has 5 heteroatoms. The number of hydrogen-bond acceptors (Lipinski definition) is 2. The third kappa shape index (κ3) is 3.62. The Morgan fingerprint density at radius 1 is 1.73 bits per heavy atom. The molecule has 0 unspecified atom stereocenters. The molecule has 1 amide bonds. The van der Waals surface area contributed by atoms with Crippen molar-refractivity contribution < 1.29 is 4.79 Å². The van der Waals surface area contributed by atoms with Gasteiger partial charge < -0.3 is 4.98 Å². The molecule has 2 N–H and O–H groups in total. The fourth-order valence-electron chi connectivity index (χ4n) is 0.670. The second kappa shape index (κ2) is 4.73. The Morgan fingerprint density at radius 2 is 2.45 bits per heavy atom. The maximum atomic E-state index is 10.2. The third-order valence-electron chi connectivity index (χ3n) is 1.18. The van der Waals surface area contributed by atoms with E-state index >= 15 is 0 Å². The van der Waals surface area contributed by atoms with Gasteiger partial charge in [0.15, 0.2) is 0 Å². The summed E-state index contributed by atoms with van der Waals surface area (Å²) in [5.41, 5.74) is 7.51. The van der Waals surface area contributed by atoms with Crippen LogP contribution in [-0.2, 0) is 11.2 Å². The molecule has 0 aromatic carbocycles. The van der Waals surface area contributed by atoms with Crippen molar-refractivity contribution in [2.75, 3.05) is 0 Å². The molecule has 1 rings (SSSR count). The van der Waals surface area contributed by atoms with E-state index in [0.29, 0.717) is 6.42 Å². The average molecular weight is 175 g/mol. The van der Waals surface area contributed by atoms with Crippen LogP contribution in [0.2, 0.25) is 0 Å². The quantitative estimate of drug-likeness (QED) is 0.728. The van der Waals surface area contributed by atoms with Crippen molar-refractivity contribution in [3.05, 3.63) is 18.2 Å². The summed E-state index contributed by atoms with van der Waals surface area (Å²) in [7, 11) is 0. The van der Waals surface area contributed by atoms with Crippen molar-refractivity contribution in [2.24, 2.45) is 0 Å². The summed E-state index contributed by atoms with van der Waals surface area (Å²) in [6.45, 7) is 0. The van der Waals surface area contributed by atoms with Gasteiger partial charge in [0.05, 0.1) is 6.33 Å². The number of H-pyrrole nitrogens is 1. The first-order valence-corrected chi connectivity index (χ1v) is 3.00. The lowest BCUT2D eigenvalue weighted by Crippen LogP contribution is -1.99.